The van der Waals surface area contributed by atoms with E-state index in [-0.39, 0.29) is 5.91 Å². The molecule has 106 valence electrons. The zero-order chi connectivity index (χ0) is 14.9. The van der Waals surface area contributed by atoms with Crippen LogP contribution in [0.1, 0.15) is 20.1 Å². The van der Waals surface area contributed by atoms with Crippen molar-refractivity contribution >= 4 is 40.2 Å². The van der Waals surface area contributed by atoms with Crippen LogP contribution in [0.4, 0.5) is 11.4 Å². The van der Waals surface area contributed by atoms with Crippen LogP contribution in [0.5, 0.6) is 5.75 Å². The number of hydrogen-bond donors (Lipinski definition) is 2. The molecule has 0 unspecified atom stereocenters. The highest BCUT2D eigenvalue weighted by atomic mass is 35.5. The molecule has 2 aromatic rings. The number of ether oxygens (including phenoxy) is 1. The molecular formula is C14H15ClN2O2S. The van der Waals surface area contributed by atoms with Gasteiger partial charge in [0.1, 0.15) is 5.75 Å². The lowest BCUT2D eigenvalue weighted by atomic mass is 10.2. The summed E-state index contributed by atoms with van der Waals surface area (Å²) in [5, 5.41) is 3.41. The Hall–Kier alpha value is -1.72. The molecule has 1 aromatic heterocycles. The normalized spacial score (nSPS) is 10.4. The van der Waals surface area contributed by atoms with Gasteiger partial charge in [-0.2, -0.15) is 0 Å². The van der Waals surface area contributed by atoms with Gasteiger partial charge in [0, 0.05) is 21.7 Å². The van der Waals surface area contributed by atoms with Crippen molar-refractivity contribution in [1.29, 1.82) is 0 Å². The van der Waals surface area contributed by atoms with Gasteiger partial charge < -0.3 is 15.8 Å². The van der Waals surface area contributed by atoms with Gasteiger partial charge in [-0.15, -0.1) is 11.3 Å². The van der Waals surface area contributed by atoms with Gasteiger partial charge in [0.2, 0.25) is 0 Å². The number of nitrogens with one attached hydrogen (secondary N) is 1. The molecule has 0 aliphatic carbocycles. The van der Waals surface area contributed by atoms with E-state index in [2.05, 4.69) is 5.32 Å². The second-order valence-electron chi connectivity index (χ2n) is 4.38. The Bertz CT molecular complexity index is 648. The molecule has 20 heavy (non-hydrogen) atoms. The summed E-state index contributed by atoms with van der Waals surface area (Å²) < 4.78 is 5.23. The van der Waals surface area contributed by atoms with Crippen LogP contribution in [-0.4, -0.2) is 13.0 Å². The third kappa shape index (κ3) is 2.89. The monoisotopic (exact) mass is 310 g/mol. The Balaban J connectivity index is 2.29. The zero-order valence-corrected chi connectivity index (χ0v) is 13.0. The first-order chi connectivity index (χ1) is 9.42. The summed E-state index contributed by atoms with van der Waals surface area (Å²) >= 11 is 7.39. The van der Waals surface area contributed by atoms with E-state index in [9.17, 15) is 4.79 Å². The van der Waals surface area contributed by atoms with Gasteiger partial charge in [0.15, 0.2) is 0 Å². The molecule has 6 heteroatoms. The van der Waals surface area contributed by atoms with Gasteiger partial charge >= 0.3 is 0 Å². The SMILES string of the molecule is COc1cc(Cl)c(C)cc1NC(=O)c1cc(N)c(C)s1. The van der Waals surface area contributed by atoms with E-state index in [0.717, 1.165) is 10.4 Å². The number of halogens is 1. The molecule has 0 aliphatic heterocycles. The standard InChI is InChI=1S/C14H15ClN2O2S/c1-7-4-11(12(19-3)5-9(7)15)17-14(18)13-6-10(16)8(2)20-13/h4-6H,16H2,1-3H3,(H,17,18). The number of carbonyl (C=O) groups excluding carboxylic acids is 1. The molecule has 0 aliphatic rings. The molecule has 0 atom stereocenters. The van der Waals surface area contributed by atoms with Crippen molar-refractivity contribution in [1.82, 2.24) is 0 Å². The minimum absolute atomic E-state index is 0.213. The molecule has 4 nitrogen and oxygen atoms in total. The summed E-state index contributed by atoms with van der Waals surface area (Å²) in [6.07, 6.45) is 0. The molecule has 0 spiro atoms. The zero-order valence-electron chi connectivity index (χ0n) is 11.4. The van der Waals surface area contributed by atoms with E-state index < -0.39 is 0 Å². The van der Waals surface area contributed by atoms with Gasteiger partial charge in [-0.3, -0.25) is 4.79 Å². The van der Waals surface area contributed by atoms with E-state index in [0.29, 0.717) is 27.0 Å². The maximum Gasteiger partial charge on any atom is 0.265 e. The third-order valence-corrected chi connectivity index (χ3v) is 4.38. The van der Waals surface area contributed by atoms with Crippen LogP contribution in [0.2, 0.25) is 5.02 Å². The van der Waals surface area contributed by atoms with Crippen LogP contribution in [-0.2, 0) is 0 Å². The van der Waals surface area contributed by atoms with Crippen molar-refractivity contribution in [2.75, 3.05) is 18.2 Å². The number of nitrogens with two attached hydrogens (primary N) is 1. The molecule has 1 aromatic carbocycles. The highest BCUT2D eigenvalue weighted by Gasteiger charge is 2.14. The minimum Gasteiger partial charge on any atom is -0.495 e. The number of anilines is 2. The van der Waals surface area contributed by atoms with Gasteiger partial charge in [-0.25, -0.2) is 0 Å². The van der Waals surface area contributed by atoms with Gasteiger partial charge in [-0.05, 0) is 31.5 Å². The van der Waals surface area contributed by atoms with Gasteiger partial charge in [0.05, 0.1) is 17.7 Å². The van der Waals surface area contributed by atoms with Gasteiger partial charge in [0.25, 0.3) is 5.91 Å². The van der Waals surface area contributed by atoms with Crippen molar-refractivity contribution in [2.24, 2.45) is 0 Å². The summed E-state index contributed by atoms with van der Waals surface area (Å²) in [7, 11) is 1.53. The first-order valence-corrected chi connectivity index (χ1v) is 7.13. The number of thiophene rings is 1. The summed E-state index contributed by atoms with van der Waals surface area (Å²) in [5.74, 6) is 0.310. The molecule has 1 amide bonds. The lowest BCUT2D eigenvalue weighted by molar-refractivity contribution is 0.103. The number of rotatable bonds is 3. The smallest absolute Gasteiger partial charge is 0.265 e. The van der Waals surface area contributed by atoms with Crippen molar-refractivity contribution in [3.05, 3.63) is 38.5 Å². The van der Waals surface area contributed by atoms with Crippen LogP contribution < -0.4 is 15.8 Å². The molecule has 3 N–H and O–H groups in total. The summed E-state index contributed by atoms with van der Waals surface area (Å²) in [6.45, 7) is 3.74. The first kappa shape index (κ1) is 14.7. The maximum atomic E-state index is 12.2. The lowest BCUT2D eigenvalue weighted by Crippen LogP contribution is -2.11. The number of aryl methyl sites for hydroxylation is 2. The van der Waals surface area contributed by atoms with Crippen LogP contribution in [0.25, 0.3) is 0 Å². The summed E-state index contributed by atoms with van der Waals surface area (Å²) in [5.41, 5.74) is 7.84. The average molecular weight is 311 g/mol. The average Bonchev–Trinajstić information content (AvgIpc) is 2.74. The molecule has 0 bridgehead atoms. The van der Waals surface area contributed by atoms with Crippen molar-refractivity contribution in [3.8, 4) is 5.75 Å². The van der Waals surface area contributed by atoms with Crippen LogP contribution >= 0.6 is 22.9 Å². The molecule has 0 saturated carbocycles. The molecule has 0 radical (unpaired) electrons. The van der Waals surface area contributed by atoms with Crippen LogP contribution in [0.15, 0.2) is 18.2 Å². The van der Waals surface area contributed by atoms with Crippen LogP contribution in [0.3, 0.4) is 0 Å². The van der Waals surface area contributed by atoms with E-state index in [1.165, 1.54) is 18.4 Å². The fourth-order valence-electron chi connectivity index (χ4n) is 1.72. The van der Waals surface area contributed by atoms with E-state index in [1.807, 2.05) is 13.8 Å². The number of hydrogen-bond acceptors (Lipinski definition) is 4. The first-order valence-electron chi connectivity index (χ1n) is 5.93. The predicted molar refractivity (Wildman–Crippen MR) is 84.2 cm³/mol. The fraction of sp³-hybridized carbons (Fsp3) is 0.214. The topological polar surface area (TPSA) is 64.3 Å². The Labute approximate surface area is 126 Å². The van der Waals surface area contributed by atoms with Crippen molar-refractivity contribution in [3.63, 3.8) is 0 Å². The second-order valence-corrected chi connectivity index (χ2v) is 6.04. The third-order valence-electron chi connectivity index (χ3n) is 2.91. The largest absolute Gasteiger partial charge is 0.495 e. The number of amides is 1. The highest BCUT2D eigenvalue weighted by molar-refractivity contribution is 7.14. The molecule has 1 heterocycles. The Morgan fingerprint density at radius 3 is 2.60 bits per heavy atom. The van der Waals surface area contributed by atoms with Crippen molar-refractivity contribution in [2.45, 2.75) is 13.8 Å². The number of methoxy groups -OCH3 is 1. The van der Waals surface area contributed by atoms with E-state index >= 15 is 0 Å². The number of benzene rings is 1. The Kier molecular flexibility index (Phi) is 4.20. The number of nitrogen functional groups attached to an aromatic ring is 1. The van der Waals surface area contributed by atoms with Crippen LogP contribution in [0, 0.1) is 13.8 Å². The summed E-state index contributed by atoms with van der Waals surface area (Å²) in [6, 6.07) is 5.13. The molecule has 0 saturated heterocycles. The van der Waals surface area contributed by atoms with Crippen molar-refractivity contribution < 1.29 is 9.53 Å². The second kappa shape index (κ2) is 5.73. The fourth-order valence-corrected chi connectivity index (χ4v) is 2.71. The lowest BCUT2D eigenvalue weighted by Gasteiger charge is -2.11. The minimum atomic E-state index is -0.213. The molecular weight excluding hydrogens is 296 g/mol. The van der Waals surface area contributed by atoms with E-state index in [4.69, 9.17) is 22.1 Å². The summed E-state index contributed by atoms with van der Waals surface area (Å²) in [4.78, 5) is 13.7. The predicted octanol–water partition coefficient (Wildman–Crippen LogP) is 3.86. The van der Waals surface area contributed by atoms with E-state index in [1.54, 1.807) is 18.2 Å². The molecule has 2 rings (SSSR count). The quantitative estimate of drug-likeness (QED) is 0.904. The molecule has 0 fully saturated rings. The Morgan fingerprint density at radius 1 is 1.35 bits per heavy atom. The highest BCUT2D eigenvalue weighted by Crippen LogP contribution is 2.32. The number of carbonyl (C=O) groups is 1. The van der Waals surface area contributed by atoms with Gasteiger partial charge in [-0.1, -0.05) is 11.6 Å². The maximum absolute atomic E-state index is 12.2. The Morgan fingerprint density at radius 2 is 2.05 bits per heavy atom.